The van der Waals surface area contributed by atoms with Gasteiger partial charge in [0.2, 0.25) is 0 Å². The number of rotatable bonds is 5. The van der Waals surface area contributed by atoms with Crippen LogP contribution in [-0.2, 0) is 0 Å². The van der Waals surface area contributed by atoms with Gasteiger partial charge in [-0.2, -0.15) is 0 Å². The topological polar surface area (TPSA) is 86.9 Å². The molecule has 2 atom stereocenters. The fourth-order valence-corrected chi connectivity index (χ4v) is 4.71. The average Bonchev–Trinajstić information content (AvgIpc) is 3.29. The second kappa shape index (κ2) is 10.9. The Kier molecular flexibility index (Phi) is 7.73. The van der Waals surface area contributed by atoms with Gasteiger partial charge in [-0.3, -0.25) is 14.6 Å². The van der Waals surface area contributed by atoms with Gasteiger partial charge in [0.15, 0.2) is 0 Å². The van der Waals surface area contributed by atoms with Crippen molar-refractivity contribution in [2.45, 2.75) is 37.8 Å². The van der Waals surface area contributed by atoms with Gasteiger partial charge in [-0.1, -0.05) is 42.6 Å². The summed E-state index contributed by atoms with van der Waals surface area (Å²) in [6.45, 7) is 0. The van der Waals surface area contributed by atoms with Gasteiger partial charge in [0.05, 0.1) is 5.69 Å². The summed E-state index contributed by atoms with van der Waals surface area (Å²) in [7, 11) is 0. The van der Waals surface area contributed by atoms with Crippen LogP contribution in [0.25, 0.3) is 22.2 Å². The van der Waals surface area contributed by atoms with E-state index in [1.54, 1.807) is 18.3 Å². The van der Waals surface area contributed by atoms with E-state index in [0.717, 1.165) is 47.8 Å². The van der Waals surface area contributed by atoms with Crippen LogP contribution in [0.5, 0.6) is 0 Å². The van der Waals surface area contributed by atoms with Crippen molar-refractivity contribution in [1.29, 1.82) is 0 Å². The van der Waals surface area contributed by atoms with E-state index in [4.69, 9.17) is 11.6 Å². The van der Waals surface area contributed by atoms with E-state index < -0.39 is 0 Å². The van der Waals surface area contributed by atoms with Gasteiger partial charge in [0, 0.05) is 45.3 Å². The van der Waals surface area contributed by atoms with Gasteiger partial charge in [-0.15, -0.1) is 12.4 Å². The van der Waals surface area contributed by atoms with E-state index in [1.807, 2.05) is 54.6 Å². The minimum absolute atomic E-state index is 0. The van der Waals surface area contributed by atoms with E-state index >= 15 is 0 Å². The molecule has 5 rings (SSSR count). The maximum Gasteiger partial charge on any atom is 0.268 e. The molecule has 1 aliphatic rings. The van der Waals surface area contributed by atoms with Crippen molar-refractivity contribution in [2.24, 2.45) is 0 Å². The average molecular weight is 509 g/mol. The number of carbonyl (C=O) groups is 2. The van der Waals surface area contributed by atoms with Crippen LogP contribution in [0.2, 0.25) is 5.02 Å². The van der Waals surface area contributed by atoms with Crippen LogP contribution in [-0.4, -0.2) is 33.9 Å². The quantitative estimate of drug-likeness (QED) is 0.319. The van der Waals surface area contributed by atoms with E-state index in [-0.39, 0.29) is 36.3 Å². The first-order valence-corrected chi connectivity index (χ1v) is 11.9. The van der Waals surface area contributed by atoms with Gasteiger partial charge >= 0.3 is 0 Å². The van der Waals surface area contributed by atoms with E-state index in [9.17, 15) is 9.59 Å². The van der Waals surface area contributed by atoms with E-state index in [2.05, 4.69) is 20.6 Å². The van der Waals surface area contributed by atoms with Crippen LogP contribution in [0, 0.1) is 0 Å². The second-order valence-corrected chi connectivity index (χ2v) is 9.09. The Morgan fingerprint density at radius 2 is 1.60 bits per heavy atom. The van der Waals surface area contributed by atoms with Crippen molar-refractivity contribution in [3.63, 3.8) is 0 Å². The Bertz CT molecular complexity index is 1320. The van der Waals surface area contributed by atoms with Crippen molar-refractivity contribution in [1.82, 2.24) is 20.6 Å². The SMILES string of the molecule is Cl.O=C(N[C@@H]1CCCC[C@@H]1NC(=O)c1cc2cc(Cl)ccc2[nH]1)c1ccc(-c2ccccn2)cc1. The number of pyridine rings is 1. The molecule has 0 radical (unpaired) electrons. The number of aromatic amines is 1. The predicted molar refractivity (Wildman–Crippen MR) is 141 cm³/mol. The first-order valence-electron chi connectivity index (χ1n) is 11.5. The van der Waals surface area contributed by atoms with Crippen LogP contribution in [0.15, 0.2) is 72.9 Å². The van der Waals surface area contributed by atoms with Gasteiger partial charge < -0.3 is 15.6 Å². The lowest BCUT2D eigenvalue weighted by molar-refractivity contribution is 0.0860. The number of fused-ring (bicyclic) bond motifs is 1. The Labute approximate surface area is 214 Å². The molecule has 3 N–H and O–H groups in total. The maximum atomic E-state index is 13.0. The van der Waals surface area contributed by atoms with Crippen LogP contribution < -0.4 is 10.6 Å². The van der Waals surface area contributed by atoms with Gasteiger partial charge in [-0.25, -0.2) is 0 Å². The molecule has 35 heavy (non-hydrogen) atoms. The smallest absolute Gasteiger partial charge is 0.268 e. The molecule has 0 spiro atoms. The molecule has 0 bridgehead atoms. The third-order valence-corrected chi connectivity index (χ3v) is 6.57. The number of hydrogen-bond donors (Lipinski definition) is 3. The molecule has 4 aromatic rings. The first-order chi connectivity index (χ1) is 16.6. The highest BCUT2D eigenvalue weighted by Gasteiger charge is 2.28. The van der Waals surface area contributed by atoms with Crippen molar-refractivity contribution in [3.8, 4) is 11.3 Å². The fourth-order valence-electron chi connectivity index (χ4n) is 4.53. The molecule has 1 saturated carbocycles. The number of hydrogen-bond acceptors (Lipinski definition) is 3. The molecule has 2 heterocycles. The van der Waals surface area contributed by atoms with Gasteiger partial charge in [0.1, 0.15) is 5.69 Å². The Morgan fingerprint density at radius 1 is 0.886 bits per heavy atom. The minimum Gasteiger partial charge on any atom is -0.351 e. The lowest BCUT2D eigenvalue weighted by atomic mass is 9.90. The molecule has 1 aliphatic carbocycles. The lowest BCUT2D eigenvalue weighted by Gasteiger charge is -2.32. The number of H-pyrrole nitrogens is 1. The first kappa shape index (κ1) is 24.8. The molecular weight excluding hydrogens is 483 g/mol. The summed E-state index contributed by atoms with van der Waals surface area (Å²) >= 11 is 6.06. The number of amides is 2. The van der Waals surface area contributed by atoms with Crippen LogP contribution in [0.4, 0.5) is 0 Å². The van der Waals surface area contributed by atoms with Crippen LogP contribution >= 0.6 is 24.0 Å². The highest BCUT2D eigenvalue weighted by Crippen LogP contribution is 2.23. The van der Waals surface area contributed by atoms with Crippen molar-refractivity contribution < 1.29 is 9.59 Å². The zero-order valence-electron chi connectivity index (χ0n) is 19.0. The van der Waals surface area contributed by atoms with Crippen molar-refractivity contribution in [3.05, 3.63) is 89.2 Å². The van der Waals surface area contributed by atoms with E-state index in [0.29, 0.717) is 16.3 Å². The monoisotopic (exact) mass is 508 g/mol. The summed E-state index contributed by atoms with van der Waals surface area (Å²) < 4.78 is 0. The number of benzene rings is 2. The number of halogens is 2. The number of carbonyl (C=O) groups excluding carboxylic acids is 2. The van der Waals surface area contributed by atoms with Crippen LogP contribution in [0.3, 0.4) is 0 Å². The molecule has 180 valence electrons. The maximum absolute atomic E-state index is 13.0. The Hall–Kier alpha value is -3.35. The summed E-state index contributed by atoms with van der Waals surface area (Å²) in [6, 6.07) is 20.2. The minimum atomic E-state index is -0.182. The summed E-state index contributed by atoms with van der Waals surface area (Å²) in [5, 5.41) is 7.78. The standard InChI is InChI=1S/C27H25ClN4O2.ClH/c28-20-12-13-22-19(15-20)16-25(30-22)27(34)32-24-7-2-1-6-23(24)31-26(33)18-10-8-17(9-11-18)21-5-3-4-14-29-21;/h3-5,8-16,23-24,30H,1-2,6-7H2,(H,31,33)(H,32,34);1H/t23-,24+;/m1./s1. The molecule has 2 aromatic heterocycles. The van der Waals surface area contributed by atoms with Gasteiger partial charge in [0.25, 0.3) is 11.8 Å². The predicted octanol–water partition coefficient (Wildman–Crippen LogP) is 5.78. The number of nitrogens with one attached hydrogen (secondary N) is 3. The molecule has 6 nitrogen and oxygen atoms in total. The van der Waals surface area contributed by atoms with Gasteiger partial charge in [-0.05, 0) is 61.4 Å². The molecule has 0 aliphatic heterocycles. The molecule has 2 aromatic carbocycles. The Balaban J connectivity index is 0.00000289. The summed E-state index contributed by atoms with van der Waals surface area (Å²) in [6.07, 6.45) is 5.42. The molecular formula is C27H26Cl2N4O2. The highest BCUT2D eigenvalue weighted by molar-refractivity contribution is 6.31. The normalized spacial score (nSPS) is 17.4. The zero-order valence-corrected chi connectivity index (χ0v) is 20.5. The second-order valence-electron chi connectivity index (χ2n) is 8.65. The third-order valence-electron chi connectivity index (χ3n) is 6.33. The highest BCUT2D eigenvalue weighted by atomic mass is 35.5. The van der Waals surface area contributed by atoms with E-state index in [1.165, 1.54) is 0 Å². The summed E-state index contributed by atoms with van der Waals surface area (Å²) in [5.74, 6) is -0.322. The molecule has 2 amide bonds. The molecule has 8 heteroatoms. The van der Waals surface area contributed by atoms with Crippen LogP contribution in [0.1, 0.15) is 46.5 Å². The molecule has 0 saturated heterocycles. The lowest BCUT2D eigenvalue weighted by Crippen LogP contribution is -2.53. The van der Waals surface area contributed by atoms with Crippen molar-refractivity contribution >= 4 is 46.7 Å². The number of aromatic nitrogens is 2. The third kappa shape index (κ3) is 5.66. The fraction of sp³-hybridized carbons (Fsp3) is 0.222. The summed E-state index contributed by atoms with van der Waals surface area (Å²) in [5.41, 5.74) is 3.75. The Morgan fingerprint density at radius 3 is 2.29 bits per heavy atom. The molecule has 0 unspecified atom stereocenters. The number of nitrogens with zero attached hydrogens (tertiary/aromatic N) is 1. The largest absolute Gasteiger partial charge is 0.351 e. The van der Waals surface area contributed by atoms with Crippen molar-refractivity contribution in [2.75, 3.05) is 0 Å². The summed E-state index contributed by atoms with van der Waals surface area (Å²) in [4.78, 5) is 33.4. The zero-order chi connectivity index (χ0) is 23.5. The molecule has 1 fully saturated rings.